The van der Waals surface area contributed by atoms with Crippen molar-refractivity contribution in [1.82, 2.24) is 0 Å². The van der Waals surface area contributed by atoms with Crippen LogP contribution in [-0.2, 0) is 0 Å². The third kappa shape index (κ3) is 3.17. The summed E-state index contributed by atoms with van der Waals surface area (Å²) in [6.45, 7) is 7.71. The second-order valence-electron chi connectivity index (χ2n) is 6.64. The Balaban J connectivity index is 2.26. The molecule has 0 saturated heterocycles. The van der Waals surface area contributed by atoms with Crippen molar-refractivity contribution < 1.29 is 4.74 Å². The molecule has 0 amide bonds. The molecule has 0 aromatic heterocycles. The quantitative estimate of drug-likeness (QED) is 0.897. The van der Waals surface area contributed by atoms with Crippen LogP contribution in [0.2, 0.25) is 0 Å². The first-order valence-corrected chi connectivity index (χ1v) is 7.91. The smallest absolute Gasteiger partial charge is 0.119 e. The fourth-order valence-electron chi connectivity index (χ4n) is 3.73. The van der Waals surface area contributed by atoms with Crippen molar-refractivity contribution in [2.24, 2.45) is 23.5 Å². The molecule has 0 heterocycles. The average molecular weight is 275 g/mol. The van der Waals surface area contributed by atoms with Crippen molar-refractivity contribution in [3.8, 4) is 5.75 Å². The van der Waals surface area contributed by atoms with Crippen molar-refractivity contribution in [3.05, 3.63) is 29.3 Å². The predicted molar refractivity (Wildman–Crippen MR) is 85.2 cm³/mol. The van der Waals surface area contributed by atoms with E-state index in [2.05, 4.69) is 39.0 Å². The lowest BCUT2D eigenvalue weighted by atomic mass is 9.67. The highest BCUT2D eigenvalue weighted by Crippen LogP contribution is 2.44. The van der Waals surface area contributed by atoms with E-state index in [1.54, 1.807) is 7.11 Å². The van der Waals surface area contributed by atoms with Gasteiger partial charge < -0.3 is 10.5 Å². The SMILES string of the molecule is COc1ccc(C2CC(C(C)C)CCC2CN)c(C)c1. The van der Waals surface area contributed by atoms with Crippen LogP contribution in [0.3, 0.4) is 0 Å². The summed E-state index contributed by atoms with van der Waals surface area (Å²) in [6, 6.07) is 6.50. The van der Waals surface area contributed by atoms with Gasteiger partial charge in [-0.25, -0.2) is 0 Å². The molecule has 2 nitrogen and oxygen atoms in total. The number of benzene rings is 1. The Hall–Kier alpha value is -1.02. The largest absolute Gasteiger partial charge is 0.497 e. The Morgan fingerprint density at radius 2 is 2.05 bits per heavy atom. The second kappa shape index (κ2) is 6.62. The van der Waals surface area contributed by atoms with Crippen LogP contribution in [0.1, 0.15) is 50.2 Å². The van der Waals surface area contributed by atoms with Gasteiger partial charge in [0.25, 0.3) is 0 Å². The third-order valence-electron chi connectivity index (χ3n) is 5.16. The Kier molecular flexibility index (Phi) is 5.09. The minimum atomic E-state index is 0.618. The molecule has 1 aliphatic carbocycles. The highest BCUT2D eigenvalue weighted by atomic mass is 16.5. The molecule has 0 radical (unpaired) electrons. The number of aryl methyl sites for hydroxylation is 1. The molecule has 1 aromatic carbocycles. The summed E-state index contributed by atoms with van der Waals surface area (Å²) in [5.41, 5.74) is 8.86. The summed E-state index contributed by atoms with van der Waals surface area (Å²) in [6.07, 6.45) is 3.90. The number of ether oxygens (including phenoxy) is 1. The molecule has 3 unspecified atom stereocenters. The molecule has 3 atom stereocenters. The lowest BCUT2D eigenvalue weighted by Crippen LogP contribution is -2.31. The van der Waals surface area contributed by atoms with E-state index in [1.807, 2.05) is 0 Å². The zero-order valence-electron chi connectivity index (χ0n) is 13.4. The first-order chi connectivity index (χ1) is 9.56. The molecule has 0 bridgehead atoms. The topological polar surface area (TPSA) is 35.2 Å². The highest BCUT2D eigenvalue weighted by molar-refractivity contribution is 5.37. The fourth-order valence-corrected chi connectivity index (χ4v) is 3.73. The Morgan fingerprint density at radius 3 is 2.60 bits per heavy atom. The molecule has 20 heavy (non-hydrogen) atoms. The summed E-state index contributed by atoms with van der Waals surface area (Å²) in [4.78, 5) is 0. The van der Waals surface area contributed by atoms with Gasteiger partial charge >= 0.3 is 0 Å². The maximum Gasteiger partial charge on any atom is 0.119 e. The number of rotatable bonds is 4. The number of methoxy groups -OCH3 is 1. The van der Waals surface area contributed by atoms with Crippen LogP contribution in [0.15, 0.2) is 18.2 Å². The van der Waals surface area contributed by atoms with Gasteiger partial charge in [-0.3, -0.25) is 0 Å². The Labute approximate surface area is 123 Å². The molecule has 2 rings (SSSR count). The molecule has 1 aliphatic rings. The number of nitrogens with two attached hydrogens (primary N) is 1. The van der Waals surface area contributed by atoms with Crippen LogP contribution in [0.25, 0.3) is 0 Å². The van der Waals surface area contributed by atoms with E-state index < -0.39 is 0 Å². The standard InChI is InChI=1S/C18H29NO/c1-12(2)14-5-6-15(11-19)18(10-14)17-8-7-16(20-4)9-13(17)3/h7-9,12,14-15,18H,5-6,10-11,19H2,1-4H3. The van der Waals surface area contributed by atoms with E-state index in [4.69, 9.17) is 10.5 Å². The molecular formula is C18H29NO. The van der Waals surface area contributed by atoms with Crippen LogP contribution >= 0.6 is 0 Å². The Morgan fingerprint density at radius 1 is 1.30 bits per heavy atom. The summed E-state index contributed by atoms with van der Waals surface area (Å²) in [5.74, 6) is 3.81. The van der Waals surface area contributed by atoms with Gasteiger partial charge in [0.1, 0.15) is 5.75 Å². The number of hydrogen-bond donors (Lipinski definition) is 1. The molecular weight excluding hydrogens is 246 g/mol. The molecule has 1 fully saturated rings. The minimum absolute atomic E-state index is 0.618. The summed E-state index contributed by atoms with van der Waals surface area (Å²) < 4.78 is 5.33. The normalized spacial score (nSPS) is 26.8. The van der Waals surface area contributed by atoms with Gasteiger partial charge in [-0.05, 0) is 79.7 Å². The Bertz CT molecular complexity index is 441. The van der Waals surface area contributed by atoms with Crippen molar-refractivity contribution in [3.63, 3.8) is 0 Å². The molecule has 0 spiro atoms. The van der Waals surface area contributed by atoms with Crippen LogP contribution < -0.4 is 10.5 Å². The van der Waals surface area contributed by atoms with E-state index in [1.165, 1.54) is 30.4 Å². The zero-order chi connectivity index (χ0) is 14.7. The van der Waals surface area contributed by atoms with Crippen molar-refractivity contribution in [1.29, 1.82) is 0 Å². The summed E-state index contributed by atoms with van der Waals surface area (Å²) in [7, 11) is 1.73. The van der Waals surface area contributed by atoms with Gasteiger partial charge in [0.05, 0.1) is 7.11 Å². The van der Waals surface area contributed by atoms with Gasteiger partial charge in [-0.2, -0.15) is 0 Å². The van der Waals surface area contributed by atoms with Gasteiger partial charge in [-0.15, -0.1) is 0 Å². The summed E-state index contributed by atoms with van der Waals surface area (Å²) >= 11 is 0. The molecule has 1 aromatic rings. The van der Waals surface area contributed by atoms with Gasteiger partial charge in [0, 0.05) is 0 Å². The maximum atomic E-state index is 6.03. The first-order valence-electron chi connectivity index (χ1n) is 7.91. The van der Waals surface area contributed by atoms with E-state index in [0.717, 1.165) is 24.1 Å². The summed E-state index contributed by atoms with van der Waals surface area (Å²) in [5, 5.41) is 0. The third-order valence-corrected chi connectivity index (χ3v) is 5.16. The van der Waals surface area contributed by atoms with Gasteiger partial charge in [0.2, 0.25) is 0 Å². The van der Waals surface area contributed by atoms with E-state index >= 15 is 0 Å². The lowest BCUT2D eigenvalue weighted by molar-refractivity contribution is 0.197. The average Bonchev–Trinajstić information content (AvgIpc) is 2.46. The molecule has 2 heteroatoms. The molecule has 112 valence electrons. The second-order valence-corrected chi connectivity index (χ2v) is 6.64. The van der Waals surface area contributed by atoms with Crippen LogP contribution in [0.5, 0.6) is 5.75 Å². The van der Waals surface area contributed by atoms with Crippen LogP contribution in [0, 0.1) is 24.7 Å². The first kappa shape index (κ1) is 15.4. The monoisotopic (exact) mass is 275 g/mol. The van der Waals surface area contributed by atoms with Crippen molar-refractivity contribution >= 4 is 0 Å². The predicted octanol–water partition coefficient (Wildman–Crippen LogP) is 4.12. The van der Waals surface area contributed by atoms with E-state index in [9.17, 15) is 0 Å². The molecule has 2 N–H and O–H groups in total. The highest BCUT2D eigenvalue weighted by Gasteiger charge is 2.32. The van der Waals surface area contributed by atoms with Gasteiger partial charge in [-0.1, -0.05) is 19.9 Å². The molecule has 1 saturated carbocycles. The van der Waals surface area contributed by atoms with Crippen molar-refractivity contribution in [2.45, 2.75) is 46.0 Å². The van der Waals surface area contributed by atoms with E-state index in [-0.39, 0.29) is 0 Å². The molecule has 0 aliphatic heterocycles. The van der Waals surface area contributed by atoms with Gasteiger partial charge in [0.15, 0.2) is 0 Å². The van der Waals surface area contributed by atoms with Crippen LogP contribution in [0.4, 0.5) is 0 Å². The minimum Gasteiger partial charge on any atom is -0.497 e. The fraction of sp³-hybridized carbons (Fsp3) is 0.667. The van der Waals surface area contributed by atoms with E-state index in [0.29, 0.717) is 11.8 Å². The lowest BCUT2D eigenvalue weighted by Gasteiger charge is -2.38. The van der Waals surface area contributed by atoms with Crippen LogP contribution in [-0.4, -0.2) is 13.7 Å². The number of hydrogen-bond acceptors (Lipinski definition) is 2. The zero-order valence-corrected chi connectivity index (χ0v) is 13.4. The van der Waals surface area contributed by atoms with Crippen molar-refractivity contribution in [2.75, 3.05) is 13.7 Å². The maximum absolute atomic E-state index is 6.03.